The second-order valence-electron chi connectivity index (χ2n) is 5.42. The number of fused-ring (bicyclic) bond motifs is 1. The van der Waals surface area contributed by atoms with Crippen molar-refractivity contribution in [1.82, 2.24) is 19.9 Å². The summed E-state index contributed by atoms with van der Waals surface area (Å²) in [6, 6.07) is 3.78. The van der Waals surface area contributed by atoms with E-state index in [9.17, 15) is 4.79 Å². The molecule has 0 aliphatic rings. The van der Waals surface area contributed by atoms with Crippen LogP contribution < -0.4 is 10.6 Å². The molecule has 0 bridgehead atoms. The summed E-state index contributed by atoms with van der Waals surface area (Å²) < 4.78 is 7.68. The van der Waals surface area contributed by atoms with Gasteiger partial charge in [0.05, 0.1) is 4.47 Å². The van der Waals surface area contributed by atoms with Crippen molar-refractivity contribution >= 4 is 33.6 Å². The highest BCUT2D eigenvalue weighted by molar-refractivity contribution is 9.10. The average Bonchev–Trinajstić information content (AvgIpc) is 2.77. The molecule has 2 N–H and O–H groups in total. The van der Waals surface area contributed by atoms with Gasteiger partial charge in [0.1, 0.15) is 5.60 Å². The Morgan fingerprint density at radius 2 is 2.19 bits per heavy atom. The molecule has 0 aliphatic carbocycles. The van der Waals surface area contributed by atoms with Crippen LogP contribution in [-0.4, -0.2) is 39.4 Å². The van der Waals surface area contributed by atoms with E-state index in [0.29, 0.717) is 19.0 Å². The van der Waals surface area contributed by atoms with Gasteiger partial charge in [-0.05, 0) is 48.8 Å². The largest absolute Gasteiger partial charge is 0.444 e. The number of nitrogens with one attached hydrogen (secondary N) is 2. The Morgan fingerprint density at radius 3 is 2.86 bits per heavy atom. The van der Waals surface area contributed by atoms with Crippen LogP contribution in [0.2, 0.25) is 0 Å². The predicted octanol–water partition coefficient (Wildman–Crippen LogP) is 2.43. The van der Waals surface area contributed by atoms with Gasteiger partial charge in [0.2, 0.25) is 5.95 Å². The molecule has 7 nitrogen and oxygen atoms in total. The zero-order valence-electron chi connectivity index (χ0n) is 12.2. The highest BCUT2D eigenvalue weighted by atomic mass is 79.9. The minimum Gasteiger partial charge on any atom is -0.444 e. The SMILES string of the molecule is CC(C)(C)OC(=O)NCCNc1nc2c(Br)cccn2n1. The fraction of sp³-hybridized carbons (Fsp3) is 0.462. The number of alkyl carbamates (subject to hydrolysis) is 1. The summed E-state index contributed by atoms with van der Waals surface area (Å²) in [4.78, 5) is 15.8. The van der Waals surface area contributed by atoms with Gasteiger partial charge in [-0.1, -0.05) is 0 Å². The maximum absolute atomic E-state index is 11.5. The van der Waals surface area contributed by atoms with E-state index >= 15 is 0 Å². The molecule has 0 saturated carbocycles. The third-order valence-corrected chi connectivity index (χ3v) is 3.01. The molecular weight excluding hydrogens is 338 g/mol. The lowest BCUT2D eigenvalue weighted by molar-refractivity contribution is 0.0530. The van der Waals surface area contributed by atoms with E-state index in [0.717, 1.165) is 10.1 Å². The number of anilines is 1. The number of hydrogen-bond acceptors (Lipinski definition) is 5. The molecule has 0 spiro atoms. The number of aromatic nitrogens is 3. The molecule has 2 aromatic rings. The maximum atomic E-state index is 11.5. The van der Waals surface area contributed by atoms with Gasteiger partial charge in [-0.2, -0.15) is 4.98 Å². The fourth-order valence-electron chi connectivity index (χ4n) is 1.60. The molecule has 1 amide bonds. The van der Waals surface area contributed by atoms with Crippen LogP contribution in [0.5, 0.6) is 0 Å². The van der Waals surface area contributed by atoms with Gasteiger partial charge < -0.3 is 15.4 Å². The Morgan fingerprint density at radius 1 is 1.43 bits per heavy atom. The van der Waals surface area contributed by atoms with Gasteiger partial charge >= 0.3 is 6.09 Å². The standard InChI is InChI=1S/C13H18BrN5O2/c1-13(2,3)21-12(20)16-7-6-15-11-17-10-9(14)5-4-8-19(10)18-11/h4-5,8H,6-7H2,1-3H3,(H,15,18)(H,16,20). The first-order valence-corrected chi connectivity index (χ1v) is 7.36. The first-order valence-electron chi connectivity index (χ1n) is 6.57. The molecule has 0 saturated heterocycles. The first-order chi connectivity index (χ1) is 9.85. The normalized spacial score (nSPS) is 11.4. The van der Waals surface area contributed by atoms with Gasteiger partial charge in [0.15, 0.2) is 5.65 Å². The average molecular weight is 356 g/mol. The zero-order chi connectivity index (χ0) is 15.5. The van der Waals surface area contributed by atoms with E-state index in [-0.39, 0.29) is 0 Å². The predicted molar refractivity (Wildman–Crippen MR) is 83.4 cm³/mol. The van der Waals surface area contributed by atoms with Gasteiger partial charge in [-0.3, -0.25) is 0 Å². The van der Waals surface area contributed by atoms with Crippen molar-refractivity contribution in [3.63, 3.8) is 0 Å². The van der Waals surface area contributed by atoms with Crippen molar-refractivity contribution in [2.75, 3.05) is 18.4 Å². The second-order valence-corrected chi connectivity index (χ2v) is 6.27. The van der Waals surface area contributed by atoms with Crippen LogP contribution in [0.3, 0.4) is 0 Å². The van der Waals surface area contributed by atoms with Gasteiger partial charge in [0.25, 0.3) is 0 Å². The summed E-state index contributed by atoms with van der Waals surface area (Å²) in [6.07, 6.45) is 1.38. The summed E-state index contributed by atoms with van der Waals surface area (Å²) in [7, 11) is 0. The van der Waals surface area contributed by atoms with Gasteiger partial charge in [0, 0.05) is 19.3 Å². The molecule has 0 aliphatic heterocycles. The third-order valence-electron chi connectivity index (χ3n) is 2.39. The number of amides is 1. The second kappa shape index (κ2) is 6.30. The quantitative estimate of drug-likeness (QED) is 0.823. The van der Waals surface area contributed by atoms with Gasteiger partial charge in [-0.25, -0.2) is 9.31 Å². The first kappa shape index (κ1) is 15.6. The number of hydrogen-bond donors (Lipinski definition) is 2. The van der Waals surface area contributed by atoms with Crippen molar-refractivity contribution in [3.8, 4) is 0 Å². The van der Waals surface area contributed by atoms with Crippen molar-refractivity contribution in [2.24, 2.45) is 0 Å². The molecule has 0 aromatic carbocycles. The van der Waals surface area contributed by atoms with Crippen molar-refractivity contribution in [1.29, 1.82) is 0 Å². The van der Waals surface area contributed by atoms with Crippen LogP contribution in [0.15, 0.2) is 22.8 Å². The Kier molecular flexibility index (Phi) is 4.66. The molecular formula is C13H18BrN5O2. The number of rotatable bonds is 4. The highest BCUT2D eigenvalue weighted by Crippen LogP contribution is 2.16. The molecule has 0 atom stereocenters. The minimum absolute atomic E-state index is 0.422. The molecule has 21 heavy (non-hydrogen) atoms. The molecule has 2 aromatic heterocycles. The number of carbonyl (C=O) groups excluding carboxylic acids is 1. The third kappa shape index (κ3) is 4.59. The van der Waals surface area contributed by atoms with Gasteiger partial charge in [-0.15, -0.1) is 5.10 Å². The Labute approximate surface area is 131 Å². The van der Waals surface area contributed by atoms with Crippen LogP contribution in [0.25, 0.3) is 5.65 Å². The number of nitrogens with zero attached hydrogens (tertiary/aromatic N) is 3. The highest BCUT2D eigenvalue weighted by Gasteiger charge is 2.15. The number of pyridine rings is 1. The zero-order valence-corrected chi connectivity index (χ0v) is 13.8. The summed E-state index contributed by atoms with van der Waals surface area (Å²) in [5.74, 6) is 0.507. The molecule has 2 heterocycles. The lowest BCUT2D eigenvalue weighted by Crippen LogP contribution is -2.35. The van der Waals surface area contributed by atoms with E-state index in [1.165, 1.54) is 0 Å². The summed E-state index contributed by atoms with van der Waals surface area (Å²) in [6.45, 7) is 6.40. The van der Waals surface area contributed by atoms with Crippen LogP contribution in [0.4, 0.5) is 10.7 Å². The number of halogens is 1. The molecule has 114 valence electrons. The van der Waals surface area contributed by atoms with E-state index in [2.05, 4.69) is 36.6 Å². The maximum Gasteiger partial charge on any atom is 0.407 e. The monoisotopic (exact) mass is 355 g/mol. The van der Waals surface area contributed by atoms with Crippen molar-refractivity contribution in [3.05, 3.63) is 22.8 Å². The molecule has 0 radical (unpaired) electrons. The van der Waals surface area contributed by atoms with Crippen LogP contribution in [0.1, 0.15) is 20.8 Å². The summed E-state index contributed by atoms with van der Waals surface area (Å²) in [5, 5.41) is 9.97. The number of carbonyl (C=O) groups is 1. The summed E-state index contributed by atoms with van der Waals surface area (Å²) in [5.41, 5.74) is 0.243. The van der Waals surface area contributed by atoms with E-state index in [1.807, 2.05) is 39.1 Å². The Bertz CT molecular complexity index is 635. The fourth-order valence-corrected chi connectivity index (χ4v) is 2.02. The number of ether oxygens (including phenoxy) is 1. The Balaban J connectivity index is 1.80. The molecule has 0 unspecified atom stereocenters. The topological polar surface area (TPSA) is 80.5 Å². The van der Waals surface area contributed by atoms with Crippen molar-refractivity contribution in [2.45, 2.75) is 26.4 Å². The van der Waals surface area contributed by atoms with Crippen LogP contribution >= 0.6 is 15.9 Å². The van der Waals surface area contributed by atoms with Crippen LogP contribution in [-0.2, 0) is 4.74 Å². The lowest BCUT2D eigenvalue weighted by atomic mass is 10.2. The van der Waals surface area contributed by atoms with E-state index < -0.39 is 11.7 Å². The van der Waals surface area contributed by atoms with Crippen molar-refractivity contribution < 1.29 is 9.53 Å². The Hall–Kier alpha value is -1.83. The molecule has 2 rings (SSSR count). The molecule has 0 fully saturated rings. The van der Waals surface area contributed by atoms with E-state index in [1.54, 1.807) is 4.52 Å². The minimum atomic E-state index is -0.493. The van der Waals surface area contributed by atoms with E-state index in [4.69, 9.17) is 4.74 Å². The smallest absolute Gasteiger partial charge is 0.407 e. The molecule has 8 heteroatoms. The summed E-state index contributed by atoms with van der Waals surface area (Å²) >= 11 is 3.41. The van der Waals surface area contributed by atoms with Crippen LogP contribution in [0, 0.1) is 0 Å². The lowest BCUT2D eigenvalue weighted by Gasteiger charge is -2.19.